The summed E-state index contributed by atoms with van der Waals surface area (Å²) in [6.45, 7) is 0.228. The summed E-state index contributed by atoms with van der Waals surface area (Å²) in [6, 6.07) is 13.2. The third-order valence-electron chi connectivity index (χ3n) is 3.51. The molecule has 0 radical (unpaired) electrons. The molecule has 2 aromatic carbocycles. The average molecular weight is 354 g/mol. The van der Waals surface area contributed by atoms with E-state index < -0.39 is 0 Å². The fraction of sp³-hybridized carbons (Fsp3) is 0.118. The number of rotatable bonds is 5. The number of para-hydroxylation sites is 2. The molecule has 25 heavy (non-hydrogen) atoms. The average Bonchev–Trinajstić information content (AvgIpc) is 3.25. The first-order valence-corrected chi connectivity index (χ1v) is 8.55. The van der Waals surface area contributed by atoms with Crippen LogP contribution in [0, 0.1) is 0 Å². The SMILES string of the molecule is O=C(CSc1nc2ccccc2[nH]1)NN=Cc1ccc2c(c1)OCO2. The fourth-order valence-corrected chi connectivity index (χ4v) is 3.01. The van der Waals surface area contributed by atoms with Crippen molar-refractivity contribution in [3.63, 3.8) is 0 Å². The number of carbonyl (C=O) groups excluding carboxylic acids is 1. The summed E-state index contributed by atoms with van der Waals surface area (Å²) >= 11 is 1.33. The summed E-state index contributed by atoms with van der Waals surface area (Å²) in [5, 5.41) is 4.66. The smallest absolute Gasteiger partial charge is 0.250 e. The quantitative estimate of drug-likeness (QED) is 0.418. The van der Waals surface area contributed by atoms with Crippen molar-refractivity contribution in [3.8, 4) is 11.5 Å². The highest BCUT2D eigenvalue weighted by molar-refractivity contribution is 7.99. The van der Waals surface area contributed by atoms with Crippen molar-refractivity contribution in [2.75, 3.05) is 12.5 Å². The molecule has 0 unspecified atom stereocenters. The molecule has 7 nitrogen and oxygen atoms in total. The van der Waals surface area contributed by atoms with E-state index in [9.17, 15) is 4.79 Å². The summed E-state index contributed by atoms with van der Waals surface area (Å²) in [7, 11) is 0. The van der Waals surface area contributed by atoms with Crippen LogP contribution in [0.1, 0.15) is 5.56 Å². The predicted molar refractivity (Wildman–Crippen MR) is 95.1 cm³/mol. The summed E-state index contributed by atoms with van der Waals surface area (Å²) in [4.78, 5) is 19.5. The van der Waals surface area contributed by atoms with E-state index in [2.05, 4.69) is 20.5 Å². The minimum Gasteiger partial charge on any atom is -0.454 e. The summed E-state index contributed by atoms with van der Waals surface area (Å²) in [5.41, 5.74) is 5.14. The van der Waals surface area contributed by atoms with Crippen LogP contribution in [0.4, 0.5) is 0 Å². The molecule has 1 aromatic heterocycles. The number of aromatic amines is 1. The van der Waals surface area contributed by atoms with Crippen molar-refractivity contribution in [2.45, 2.75) is 5.16 Å². The van der Waals surface area contributed by atoms with E-state index in [0.717, 1.165) is 16.6 Å². The number of ether oxygens (including phenoxy) is 2. The maximum atomic E-state index is 11.9. The number of hydrogen-bond donors (Lipinski definition) is 2. The highest BCUT2D eigenvalue weighted by Gasteiger charge is 2.12. The molecule has 0 spiro atoms. The molecule has 0 saturated carbocycles. The summed E-state index contributed by atoms with van der Waals surface area (Å²) in [6.07, 6.45) is 1.56. The van der Waals surface area contributed by atoms with E-state index >= 15 is 0 Å². The second-order valence-electron chi connectivity index (χ2n) is 5.25. The van der Waals surface area contributed by atoms with Crippen LogP contribution < -0.4 is 14.9 Å². The first kappa shape index (κ1) is 15.5. The van der Waals surface area contributed by atoms with Gasteiger partial charge in [-0.3, -0.25) is 4.79 Å². The van der Waals surface area contributed by atoms with E-state index in [1.54, 1.807) is 12.3 Å². The maximum Gasteiger partial charge on any atom is 0.250 e. The topological polar surface area (TPSA) is 88.6 Å². The van der Waals surface area contributed by atoms with Gasteiger partial charge >= 0.3 is 0 Å². The number of hydrogen-bond acceptors (Lipinski definition) is 6. The number of carbonyl (C=O) groups is 1. The normalized spacial score (nSPS) is 12.8. The highest BCUT2D eigenvalue weighted by atomic mass is 32.2. The molecule has 0 aliphatic carbocycles. The molecule has 1 aliphatic heterocycles. The lowest BCUT2D eigenvalue weighted by Crippen LogP contribution is -2.19. The van der Waals surface area contributed by atoms with Crippen LogP contribution in [-0.2, 0) is 4.79 Å². The summed E-state index contributed by atoms with van der Waals surface area (Å²) in [5.74, 6) is 1.40. The number of amides is 1. The van der Waals surface area contributed by atoms with Crippen LogP contribution >= 0.6 is 11.8 Å². The van der Waals surface area contributed by atoms with Gasteiger partial charge in [0, 0.05) is 0 Å². The van der Waals surface area contributed by atoms with Crippen molar-refractivity contribution >= 4 is 34.9 Å². The Balaban J connectivity index is 1.30. The van der Waals surface area contributed by atoms with Gasteiger partial charge < -0.3 is 14.5 Å². The molecule has 1 amide bonds. The molecule has 1 aliphatic rings. The lowest BCUT2D eigenvalue weighted by Gasteiger charge is -1.99. The van der Waals surface area contributed by atoms with Gasteiger partial charge in [0.25, 0.3) is 5.91 Å². The van der Waals surface area contributed by atoms with Crippen molar-refractivity contribution in [2.24, 2.45) is 5.10 Å². The van der Waals surface area contributed by atoms with Crippen LogP contribution in [0.5, 0.6) is 11.5 Å². The Morgan fingerprint density at radius 1 is 1.28 bits per heavy atom. The lowest BCUT2D eigenvalue weighted by molar-refractivity contribution is -0.118. The van der Waals surface area contributed by atoms with Crippen molar-refractivity contribution in [1.82, 2.24) is 15.4 Å². The van der Waals surface area contributed by atoms with Gasteiger partial charge in [-0.1, -0.05) is 23.9 Å². The number of thioether (sulfide) groups is 1. The van der Waals surface area contributed by atoms with Gasteiger partial charge in [-0.2, -0.15) is 5.10 Å². The lowest BCUT2D eigenvalue weighted by atomic mass is 10.2. The molecule has 3 aromatic rings. The molecular weight excluding hydrogens is 340 g/mol. The van der Waals surface area contributed by atoms with Crippen LogP contribution in [-0.4, -0.2) is 34.6 Å². The van der Waals surface area contributed by atoms with E-state index in [4.69, 9.17) is 9.47 Å². The molecule has 4 rings (SSSR count). The standard InChI is InChI=1S/C17H14N4O3S/c22-16(9-25-17-19-12-3-1-2-4-13(12)20-17)21-18-8-11-5-6-14-15(7-11)24-10-23-14/h1-8H,9-10H2,(H,19,20)(H,21,22). The van der Waals surface area contributed by atoms with Crippen molar-refractivity contribution in [1.29, 1.82) is 0 Å². The van der Waals surface area contributed by atoms with Gasteiger partial charge in [-0.05, 0) is 35.9 Å². The number of hydrazone groups is 1. The van der Waals surface area contributed by atoms with Gasteiger partial charge in [0.05, 0.1) is 23.0 Å². The molecule has 0 bridgehead atoms. The Morgan fingerprint density at radius 3 is 3.08 bits per heavy atom. The van der Waals surface area contributed by atoms with Gasteiger partial charge in [-0.15, -0.1) is 0 Å². The van der Waals surface area contributed by atoms with E-state index in [-0.39, 0.29) is 18.5 Å². The van der Waals surface area contributed by atoms with Gasteiger partial charge in [0.15, 0.2) is 16.7 Å². The molecule has 2 heterocycles. The zero-order chi connectivity index (χ0) is 17.1. The highest BCUT2D eigenvalue weighted by Crippen LogP contribution is 2.31. The number of nitrogens with one attached hydrogen (secondary N) is 2. The molecule has 0 atom stereocenters. The molecule has 0 fully saturated rings. The third-order valence-corrected chi connectivity index (χ3v) is 4.38. The second-order valence-corrected chi connectivity index (χ2v) is 6.22. The predicted octanol–water partition coefficient (Wildman–Crippen LogP) is 2.53. The number of fused-ring (bicyclic) bond motifs is 2. The number of benzene rings is 2. The maximum absolute atomic E-state index is 11.9. The van der Waals surface area contributed by atoms with E-state index in [0.29, 0.717) is 16.7 Å². The van der Waals surface area contributed by atoms with Gasteiger partial charge in [0.2, 0.25) is 6.79 Å². The van der Waals surface area contributed by atoms with Crippen LogP contribution in [0.2, 0.25) is 0 Å². The van der Waals surface area contributed by atoms with Crippen molar-refractivity contribution in [3.05, 3.63) is 48.0 Å². The van der Waals surface area contributed by atoms with Crippen LogP contribution in [0.3, 0.4) is 0 Å². The zero-order valence-corrected chi connectivity index (χ0v) is 13.9. The number of nitrogens with zero attached hydrogens (tertiary/aromatic N) is 2. The molecular formula is C17H14N4O3S. The van der Waals surface area contributed by atoms with E-state index in [1.165, 1.54) is 11.8 Å². The Kier molecular flexibility index (Phi) is 4.26. The minimum absolute atomic E-state index is 0.206. The molecule has 0 saturated heterocycles. The minimum atomic E-state index is -0.206. The van der Waals surface area contributed by atoms with Crippen LogP contribution in [0.25, 0.3) is 11.0 Å². The second kappa shape index (κ2) is 6.86. The Labute approximate surface area is 147 Å². The number of aromatic nitrogens is 2. The number of imidazole rings is 1. The van der Waals surface area contributed by atoms with Gasteiger partial charge in [0.1, 0.15) is 0 Å². The molecule has 126 valence electrons. The largest absolute Gasteiger partial charge is 0.454 e. The fourth-order valence-electron chi connectivity index (χ4n) is 2.34. The Bertz CT molecular complexity index is 921. The third kappa shape index (κ3) is 3.58. The van der Waals surface area contributed by atoms with Gasteiger partial charge in [-0.25, -0.2) is 10.4 Å². The first-order valence-electron chi connectivity index (χ1n) is 7.57. The zero-order valence-electron chi connectivity index (χ0n) is 13.1. The van der Waals surface area contributed by atoms with Crippen LogP contribution in [0.15, 0.2) is 52.7 Å². The first-order chi connectivity index (χ1) is 12.3. The van der Waals surface area contributed by atoms with E-state index in [1.807, 2.05) is 36.4 Å². The summed E-state index contributed by atoms with van der Waals surface area (Å²) < 4.78 is 10.5. The molecule has 8 heteroatoms. The monoisotopic (exact) mass is 354 g/mol. The number of H-pyrrole nitrogens is 1. The van der Waals surface area contributed by atoms with Crippen molar-refractivity contribution < 1.29 is 14.3 Å². The Morgan fingerprint density at radius 2 is 2.16 bits per heavy atom. The Hall–Kier alpha value is -3.00. The molecule has 2 N–H and O–H groups in total.